The molecule has 2 heterocycles. The molecular weight excluding hydrogens is 250 g/mol. The van der Waals surface area contributed by atoms with Gasteiger partial charge in [0, 0.05) is 31.6 Å². The fourth-order valence-corrected chi connectivity index (χ4v) is 2.52. The van der Waals surface area contributed by atoms with E-state index in [2.05, 4.69) is 14.9 Å². The molecule has 1 aromatic heterocycles. The average molecular weight is 266 g/mol. The maximum atomic E-state index is 6.02. The largest absolute Gasteiger partial charge is 0.375 e. The van der Waals surface area contributed by atoms with Gasteiger partial charge in [-0.2, -0.15) is 0 Å². The minimum absolute atomic E-state index is 0.213. The van der Waals surface area contributed by atoms with E-state index in [0.717, 1.165) is 48.0 Å². The van der Waals surface area contributed by atoms with Gasteiger partial charge in [0.15, 0.2) is 0 Å². The molecule has 1 saturated heterocycles. The third-order valence-electron chi connectivity index (χ3n) is 3.35. The van der Waals surface area contributed by atoms with Crippen molar-refractivity contribution < 1.29 is 4.74 Å². The van der Waals surface area contributed by atoms with Crippen molar-refractivity contribution in [1.82, 2.24) is 14.9 Å². The molecule has 18 heavy (non-hydrogen) atoms. The van der Waals surface area contributed by atoms with Gasteiger partial charge < -0.3 is 14.6 Å². The van der Waals surface area contributed by atoms with Gasteiger partial charge in [-0.05, 0) is 18.2 Å². The summed E-state index contributed by atoms with van der Waals surface area (Å²) in [6.45, 7) is 2.61. The molecule has 0 bridgehead atoms. The zero-order valence-corrected chi connectivity index (χ0v) is 11.1. The zero-order chi connectivity index (χ0) is 12.5. The van der Waals surface area contributed by atoms with Crippen molar-refractivity contribution in [3.05, 3.63) is 29.0 Å². The van der Waals surface area contributed by atoms with Crippen LogP contribution in [0.2, 0.25) is 5.02 Å². The van der Waals surface area contributed by atoms with E-state index in [1.807, 2.05) is 25.2 Å². The first-order chi connectivity index (χ1) is 8.74. The Morgan fingerprint density at radius 1 is 1.56 bits per heavy atom. The lowest BCUT2D eigenvalue weighted by molar-refractivity contribution is 0.0277. The van der Waals surface area contributed by atoms with E-state index in [1.54, 1.807) is 0 Å². The second-order valence-electron chi connectivity index (χ2n) is 4.62. The number of nitrogens with one attached hydrogen (secondary N) is 1. The van der Waals surface area contributed by atoms with Crippen molar-refractivity contribution in [3.63, 3.8) is 0 Å². The summed E-state index contributed by atoms with van der Waals surface area (Å²) in [7, 11) is 2.03. The summed E-state index contributed by atoms with van der Waals surface area (Å²) in [5.41, 5.74) is 2.06. The summed E-state index contributed by atoms with van der Waals surface area (Å²) in [6, 6.07) is 5.79. The van der Waals surface area contributed by atoms with Crippen LogP contribution in [-0.4, -0.2) is 35.4 Å². The van der Waals surface area contributed by atoms with Crippen molar-refractivity contribution in [1.29, 1.82) is 0 Å². The Hall–Kier alpha value is -1.10. The SMILES string of the molecule is Cn1c(CC2CNCCO2)nc2ccc(Cl)cc21. The molecule has 3 rings (SSSR count). The van der Waals surface area contributed by atoms with Crippen molar-refractivity contribution in [2.45, 2.75) is 12.5 Å². The summed E-state index contributed by atoms with van der Waals surface area (Å²) in [6.07, 6.45) is 1.04. The molecule has 1 N–H and O–H groups in total. The van der Waals surface area contributed by atoms with E-state index in [0.29, 0.717) is 0 Å². The molecule has 1 aliphatic rings. The fraction of sp³-hybridized carbons (Fsp3) is 0.462. The van der Waals surface area contributed by atoms with Crippen LogP contribution in [0.15, 0.2) is 18.2 Å². The minimum atomic E-state index is 0.213. The fourth-order valence-electron chi connectivity index (χ4n) is 2.35. The Labute approximate surface area is 111 Å². The summed E-state index contributed by atoms with van der Waals surface area (Å²) in [5, 5.41) is 4.08. The highest BCUT2D eigenvalue weighted by atomic mass is 35.5. The van der Waals surface area contributed by atoms with E-state index < -0.39 is 0 Å². The number of halogens is 1. The number of aryl methyl sites for hydroxylation is 1. The van der Waals surface area contributed by atoms with Crippen LogP contribution in [0, 0.1) is 0 Å². The Bertz CT molecular complexity index is 561. The van der Waals surface area contributed by atoms with Gasteiger partial charge in [0.2, 0.25) is 0 Å². The number of hydrogen-bond donors (Lipinski definition) is 1. The van der Waals surface area contributed by atoms with Crippen LogP contribution >= 0.6 is 11.6 Å². The molecule has 1 aliphatic heterocycles. The second-order valence-corrected chi connectivity index (χ2v) is 5.06. The molecule has 0 spiro atoms. The molecule has 1 aromatic carbocycles. The van der Waals surface area contributed by atoms with Crippen LogP contribution in [0.4, 0.5) is 0 Å². The van der Waals surface area contributed by atoms with E-state index in [-0.39, 0.29) is 6.10 Å². The second kappa shape index (κ2) is 4.88. The van der Waals surface area contributed by atoms with Gasteiger partial charge in [-0.1, -0.05) is 11.6 Å². The number of hydrogen-bond acceptors (Lipinski definition) is 3. The highest BCUT2D eigenvalue weighted by Crippen LogP contribution is 2.20. The minimum Gasteiger partial charge on any atom is -0.375 e. The van der Waals surface area contributed by atoms with Crippen LogP contribution in [-0.2, 0) is 18.2 Å². The van der Waals surface area contributed by atoms with E-state index >= 15 is 0 Å². The third kappa shape index (κ3) is 2.23. The molecule has 1 unspecified atom stereocenters. The van der Waals surface area contributed by atoms with Crippen LogP contribution < -0.4 is 5.32 Å². The van der Waals surface area contributed by atoms with Crippen LogP contribution in [0.1, 0.15) is 5.82 Å². The molecule has 96 valence electrons. The third-order valence-corrected chi connectivity index (χ3v) is 3.59. The van der Waals surface area contributed by atoms with Gasteiger partial charge in [-0.3, -0.25) is 0 Å². The van der Waals surface area contributed by atoms with Gasteiger partial charge in [0.25, 0.3) is 0 Å². The number of nitrogens with zero attached hydrogens (tertiary/aromatic N) is 2. The van der Waals surface area contributed by atoms with E-state index in [4.69, 9.17) is 16.3 Å². The molecule has 1 fully saturated rings. The summed E-state index contributed by atoms with van der Waals surface area (Å²) < 4.78 is 7.81. The van der Waals surface area contributed by atoms with Gasteiger partial charge in [0.05, 0.1) is 23.7 Å². The Morgan fingerprint density at radius 3 is 3.22 bits per heavy atom. The molecule has 2 aromatic rings. The van der Waals surface area contributed by atoms with Crippen molar-refractivity contribution in [2.75, 3.05) is 19.7 Å². The first-order valence-electron chi connectivity index (χ1n) is 6.17. The lowest BCUT2D eigenvalue weighted by atomic mass is 10.2. The Balaban J connectivity index is 1.89. The summed E-state index contributed by atoms with van der Waals surface area (Å²) in [4.78, 5) is 4.64. The molecule has 4 nitrogen and oxygen atoms in total. The van der Waals surface area contributed by atoms with Crippen LogP contribution in [0.5, 0.6) is 0 Å². The molecule has 1 atom stereocenters. The lowest BCUT2D eigenvalue weighted by Gasteiger charge is -2.23. The molecule has 0 amide bonds. The number of benzene rings is 1. The van der Waals surface area contributed by atoms with Gasteiger partial charge in [-0.25, -0.2) is 4.98 Å². The number of ether oxygens (including phenoxy) is 1. The normalized spacial score (nSPS) is 20.4. The lowest BCUT2D eigenvalue weighted by Crippen LogP contribution is -2.40. The summed E-state index contributed by atoms with van der Waals surface area (Å²) in [5.74, 6) is 1.04. The summed E-state index contributed by atoms with van der Waals surface area (Å²) >= 11 is 6.02. The van der Waals surface area contributed by atoms with Crippen molar-refractivity contribution in [2.24, 2.45) is 7.05 Å². The molecular formula is C13H16ClN3O. The van der Waals surface area contributed by atoms with Crippen molar-refractivity contribution >= 4 is 22.6 Å². The number of morpholine rings is 1. The first-order valence-corrected chi connectivity index (χ1v) is 6.55. The molecule has 0 radical (unpaired) electrons. The number of rotatable bonds is 2. The number of aromatic nitrogens is 2. The monoisotopic (exact) mass is 265 g/mol. The van der Waals surface area contributed by atoms with Gasteiger partial charge in [0.1, 0.15) is 5.82 Å². The molecule has 0 aliphatic carbocycles. The van der Waals surface area contributed by atoms with Crippen molar-refractivity contribution in [3.8, 4) is 0 Å². The standard InChI is InChI=1S/C13H16ClN3O/c1-17-12-6-9(14)2-3-11(12)16-13(17)7-10-8-15-4-5-18-10/h2-3,6,10,15H,4-5,7-8H2,1H3. The average Bonchev–Trinajstić information content (AvgIpc) is 2.68. The predicted octanol–water partition coefficient (Wildman–Crippen LogP) is 1.76. The predicted molar refractivity (Wildman–Crippen MR) is 72.0 cm³/mol. The van der Waals surface area contributed by atoms with E-state index in [1.165, 1.54) is 0 Å². The molecule has 5 heteroatoms. The quantitative estimate of drug-likeness (QED) is 0.899. The van der Waals surface area contributed by atoms with Gasteiger partial charge >= 0.3 is 0 Å². The zero-order valence-electron chi connectivity index (χ0n) is 10.3. The number of imidazole rings is 1. The maximum absolute atomic E-state index is 6.02. The Kier molecular flexibility index (Phi) is 3.24. The smallest absolute Gasteiger partial charge is 0.112 e. The molecule has 0 saturated carbocycles. The van der Waals surface area contributed by atoms with Gasteiger partial charge in [-0.15, -0.1) is 0 Å². The number of fused-ring (bicyclic) bond motifs is 1. The topological polar surface area (TPSA) is 39.1 Å². The highest BCUT2D eigenvalue weighted by molar-refractivity contribution is 6.31. The van der Waals surface area contributed by atoms with Crippen LogP contribution in [0.25, 0.3) is 11.0 Å². The highest BCUT2D eigenvalue weighted by Gasteiger charge is 2.17. The first kappa shape index (κ1) is 12.0. The maximum Gasteiger partial charge on any atom is 0.112 e. The Morgan fingerprint density at radius 2 is 2.44 bits per heavy atom. The van der Waals surface area contributed by atoms with Crippen LogP contribution in [0.3, 0.4) is 0 Å². The van der Waals surface area contributed by atoms with E-state index in [9.17, 15) is 0 Å².